The Morgan fingerprint density at radius 3 is 2.39 bits per heavy atom. The molecule has 4 nitrogen and oxygen atoms in total. The normalized spacial score (nSPS) is 12.4. The second kappa shape index (κ2) is 7.01. The topological polar surface area (TPSA) is 69.6 Å². The molecule has 0 aliphatic heterocycles. The summed E-state index contributed by atoms with van der Waals surface area (Å²) in [6, 6.07) is 8.05. The van der Waals surface area contributed by atoms with Crippen LogP contribution < -0.4 is 5.32 Å². The fourth-order valence-corrected chi connectivity index (χ4v) is 1.61. The number of anilines is 1. The molecule has 100 valence electrons. The fraction of sp³-hybridized carbons (Fsp3) is 0.500. The third-order valence-corrected chi connectivity index (χ3v) is 2.81. The maximum absolute atomic E-state index is 10.3. The van der Waals surface area contributed by atoms with Crippen molar-refractivity contribution in [3.63, 3.8) is 0 Å². The Kier molecular flexibility index (Phi) is 5.65. The number of aliphatic hydroxyl groups excluding tert-OH is 1. The molecule has 1 rings (SSSR count). The summed E-state index contributed by atoms with van der Waals surface area (Å²) in [5.41, 5.74) is 2.21. The third-order valence-electron chi connectivity index (χ3n) is 2.81. The van der Waals surface area contributed by atoms with Crippen LogP contribution in [0, 0.1) is 0 Å². The van der Waals surface area contributed by atoms with E-state index < -0.39 is 12.1 Å². The molecule has 1 aromatic carbocycles. The van der Waals surface area contributed by atoms with Crippen LogP contribution in [0.5, 0.6) is 0 Å². The number of aliphatic carboxylic acids is 1. The standard InChI is InChI=1S/C14H21NO3/c1-10(2)11-3-5-12(6-4-11)15-9-13(16)7-8-14(17)18/h3-6,10,13,15-16H,7-9H2,1-2H3,(H,17,18). The first-order valence-electron chi connectivity index (χ1n) is 6.22. The van der Waals surface area contributed by atoms with Crippen LogP contribution in [0.1, 0.15) is 38.2 Å². The second-order valence-corrected chi connectivity index (χ2v) is 4.74. The number of benzene rings is 1. The Morgan fingerprint density at radius 1 is 1.28 bits per heavy atom. The molecule has 0 radical (unpaired) electrons. The first kappa shape index (κ1) is 14.5. The van der Waals surface area contributed by atoms with Crippen LogP contribution in [0.3, 0.4) is 0 Å². The molecule has 0 aliphatic rings. The van der Waals surface area contributed by atoms with Gasteiger partial charge in [-0.25, -0.2) is 0 Å². The molecule has 0 aliphatic carbocycles. The minimum atomic E-state index is -0.879. The SMILES string of the molecule is CC(C)c1ccc(NCC(O)CCC(=O)O)cc1. The number of rotatable bonds is 7. The highest BCUT2D eigenvalue weighted by Gasteiger charge is 2.07. The van der Waals surface area contributed by atoms with E-state index in [1.54, 1.807) is 0 Å². The number of carbonyl (C=O) groups is 1. The third kappa shape index (κ3) is 5.19. The molecular weight excluding hydrogens is 230 g/mol. The highest BCUT2D eigenvalue weighted by atomic mass is 16.4. The Morgan fingerprint density at radius 2 is 1.89 bits per heavy atom. The molecule has 0 spiro atoms. The average molecular weight is 251 g/mol. The summed E-state index contributed by atoms with van der Waals surface area (Å²) in [5, 5.41) is 21.2. The van der Waals surface area contributed by atoms with Gasteiger partial charge in [-0.05, 0) is 30.0 Å². The quantitative estimate of drug-likeness (QED) is 0.696. The van der Waals surface area contributed by atoms with Crippen molar-refractivity contribution in [2.45, 2.75) is 38.7 Å². The smallest absolute Gasteiger partial charge is 0.303 e. The minimum Gasteiger partial charge on any atom is -0.481 e. The van der Waals surface area contributed by atoms with Gasteiger partial charge in [0.25, 0.3) is 0 Å². The minimum absolute atomic E-state index is 0.00483. The number of nitrogens with one attached hydrogen (secondary N) is 1. The van der Waals surface area contributed by atoms with Crippen molar-refractivity contribution in [3.05, 3.63) is 29.8 Å². The highest BCUT2D eigenvalue weighted by molar-refractivity contribution is 5.66. The van der Waals surface area contributed by atoms with E-state index in [2.05, 4.69) is 31.3 Å². The number of hydrogen-bond donors (Lipinski definition) is 3. The molecule has 0 saturated carbocycles. The van der Waals surface area contributed by atoms with Crippen molar-refractivity contribution in [1.82, 2.24) is 0 Å². The summed E-state index contributed by atoms with van der Waals surface area (Å²) >= 11 is 0. The van der Waals surface area contributed by atoms with Crippen LogP contribution in [0.15, 0.2) is 24.3 Å². The maximum atomic E-state index is 10.3. The Balaban J connectivity index is 2.36. The van der Waals surface area contributed by atoms with Crippen molar-refractivity contribution < 1.29 is 15.0 Å². The van der Waals surface area contributed by atoms with E-state index >= 15 is 0 Å². The lowest BCUT2D eigenvalue weighted by atomic mass is 10.0. The van der Waals surface area contributed by atoms with Gasteiger partial charge in [0.15, 0.2) is 0 Å². The first-order valence-corrected chi connectivity index (χ1v) is 6.22. The van der Waals surface area contributed by atoms with Crippen LogP contribution in [0.2, 0.25) is 0 Å². The molecule has 0 saturated heterocycles. The Labute approximate surface area is 108 Å². The second-order valence-electron chi connectivity index (χ2n) is 4.74. The lowest BCUT2D eigenvalue weighted by molar-refractivity contribution is -0.137. The van der Waals surface area contributed by atoms with E-state index in [4.69, 9.17) is 5.11 Å². The monoisotopic (exact) mass is 251 g/mol. The molecule has 18 heavy (non-hydrogen) atoms. The summed E-state index contributed by atoms with van der Waals surface area (Å²) in [6.07, 6.45) is -0.368. The molecular formula is C14H21NO3. The van der Waals surface area contributed by atoms with Crippen LogP contribution in [-0.2, 0) is 4.79 Å². The van der Waals surface area contributed by atoms with Gasteiger partial charge in [-0.3, -0.25) is 4.79 Å². The van der Waals surface area contributed by atoms with Gasteiger partial charge in [0.2, 0.25) is 0 Å². The predicted octanol–water partition coefficient (Wildman–Crippen LogP) is 2.45. The molecule has 1 unspecified atom stereocenters. The molecule has 4 heteroatoms. The number of carboxylic acids is 1. The molecule has 0 bridgehead atoms. The molecule has 0 heterocycles. The van der Waals surface area contributed by atoms with E-state index in [9.17, 15) is 9.90 Å². The lowest BCUT2D eigenvalue weighted by Crippen LogP contribution is -2.20. The van der Waals surface area contributed by atoms with Crippen molar-refractivity contribution in [2.75, 3.05) is 11.9 Å². The van der Waals surface area contributed by atoms with Gasteiger partial charge in [0.05, 0.1) is 6.10 Å². The summed E-state index contributed by atoms with van der Waals surface area (Å²) in [5.74, 6) is -0.379. The van der Waals surface area contributed by atoms with Gasteiger partial charge in [0.1, 0.15) is 0 Å². The zero-order valence-electron chi connectivity index (χ0n) is 10.9. The summed E-state index contributed by atoms with van der Waals surface area (Å²) in [6.45, 7) is 4.64. The number of aliphatic hydroxyl groups is 1. The van der Waals surface area contributed by atoms with Crippen LogP contribution in [0.25, 0.3) is 0 Å². The zero-order valence-corrected chi connectivity index (χ0v) is 10.9. The molecule has 3 N–H and O–H groups in total. The number of hydrogen-bond acceptors (Lipinski definition) is 3. The molecule has 0 amide bonds. The van der Waals surface area contributed by atoms with Gasteiger partial charge in [-0.1, -0.05) is 26.0 Å². The summed E-state index contributed by atoms with van der Waals surface area (Å²) in [7, 11) is 0. The highest BCUT2D eigenvalue weighted by Crippen LogP contribution is 2.17. The number of carboxylic acid groups (broad SMARTS) is 1. The zero-order chi connectivity index (χ0) is 13.5. The molecule has 1 aromatic rings. The van der Waals surface area contributed by atoms with E-state index in [0.29, 0.717) is 12.5 Å². The van der Waals surface area contributed by atoms with E-state index in [1.807, 2.05) is 12.1 Å². The molecule has 0 fully saturated rings. The van der Waals surface area contributed by atoms with Crippen LogP contribution >= 0.6 is 0 Å². The van der Waals surface area contributed by atoms with Gasteiger partial charge in [-0.15, -0.1) is 0 Å². The van der Waals surface area contributed by atoms with Gasteiger partial charge >= 0.3 is 5.97 Å². The molecule has 0 aromatic heterocycles. The largest absolute Gasteiger partial charge is 0.481 e. The van der Waals surface area contributed by atoms with Crippen LogP contribution in [-0.4, -0.2) is 28.8 Å². The lowest BCUT2D eigenvalue weighted by Gasteiger charge is -2.12. The maximum Gasteiger partial charge on any atom is 0.303 e. The van der Waals surface area contributed by atoms with Gasteiger partial charge < -0.3 is 15.5 Å². The summed E-state index contributed by atoms with van der Waals surface area (Å²) in [4.78, 5) is 10.3. The van der Waals surface area contributed by atoms with Crippen molar-refractivity contribution >= 4 is 11.7 Å². The van der Waals surface area contributed by atoms with Gasteiger partial charge in [-0.2, -0.15) is 0 Å². The van der Waals surface area contributed by atoms with E-state index in [0.717, 1.165) is 5.69 Å². The van der Waals surface area contributed by atoms with Crippen LogP contribution in [0.4, 0.5) is 5.69 Å². The van der Waals surface area contributed by atoms with Crippen molar-refractivity contribution in [2.24, 2.45) is 0 Å². The van der Waals surface area contributed by atoms with E-state index in [1.165, 1.54) is 5.56 Å². The Hall–Kier alpha value is -1.55. The van der Waals surface area contributed by atoms with Crippen molar-refractivity contribution in [1.29, 1.82) is 0 Å². The van der Waals surface area contributed by atoms with Crippen molar-refractivity contribution in [3.8, 4) is 0 Å². The Bertz CT molecular complexity index is 373. The first-order chi connectivity index (χ1) is 8.49. The predicted molar refractivity (Wildman–Crippen MR) is 71.9 cm³/mol. The fourth-order valence-electron chi connectivity index (χ4n) is 1.61. The summed E-state index contributed by atoms with van der Waals surface area (Å²) < 4.78 is 0. The van der Waals surface area contributed by atoms with Gasteiger partial charge in [0, 0.05) is 18.7 Å². The molecule has 1 atom stereocenters. The average Bonchev–Trinajstić information content (AvgIpc) is 2.34. The van der Waals surface area contributed by atoms with E-state index in [-0.39, 0.29) is 12.8 Å².